The summed E-state index contributed by atoms with van der Waals surface area (Å²) in [7, 11) is 0. The number of hydrogen-bond donors (Lipinski definition) is 0. The lowest BCUT2D eigenvalue weighted by molar-refractivity contribution is -0.159. The monoisotopic (exact) mass is 414 g/mol. The summed E-state index contributed by atoms with van der Waals surface area (Å²) >= 11 is 0. The SMILES string of the molecule is CC(=O)O[C@@H]1CC[C@]2(C)C(=CC[C@@H]3[C@H]2CC[C@@]2(C)[C@H]3CC[C@@H]2[C@@]2(C)CCC(=O)O2)C1. The van der Waals surface area contributed by atoms with Crippen LogP contribution >= 0.6 is 0 Å². The number of carbonyl (C=O) groups is 2. The molecule has 0 aromatic heterocycles. The molecule has 1 saturated heterocycles. The van der Waals surface area contributed by atoms with Crippen molar-refractivity contribution in [1.82, 2.24) is 0 Å². The first-order valence-electron chi connectivity index (χ1n) is 12.2. The second-order valence-electron chi connectivity index (χ2n) is 11.7. The van der Waals surface area contributed by atoms with E-state index in [0.29, 0.717) is 12.3 Å². The zero-order valence-electron chi connectivity index (χ0n) is 19.2. The molecule has 1 heterocycles. The average molecular weight is 415 g/mol. The number of esters is 2. The van der Waals surface area contributed by atoms with Crippen molar-refractivity contribution in [2.45, 2.75) is 104 Å². The average Bonchev–Trinajstić information content (AvgIpc) is 3.21. The first-order valence-corrected chi connectivity index (χ1v) is 12.2. The predicted molar refractivity (Wildman–Crippen MR) is 114 cm³/mol. The third-order valence-electron chi connectivity index (χ3n) is 10.3. The van der Waals surface area contributed by atoms with E-state index >= 15 is 0 Å². The Kier molecular flexibility index (Phi) is 4.69. The van der Waals surface area contributed by atoms with Crippen molar-refractivity contribution in [3.05, 3.63) is 11.6 Å². The second kappa shape index (κ2) is 6.84. The smallest absolute Gasteiger partial charge is 0.306 e. The summed E-state index contributed by atoms with van der Waals surface area (Å²) in [6, 6.07) is 0. The maximum Gasteiger partial charge on any atom is 0.306 e. The zero-order chi connectivity index (χ0) is 21.3. The number of allylic oxidation sites excluding steroid dienone is 1. The summed E-state index contributed by atoms with van der Waals surface area (Å²) in [6.45, 7) is 8.75. The number of rotatable bonds is 2. The van der Waals surface area contributed by atoms with Crippen molar-refractivity contribution >= 4 is 11.9 Å². The van der Waals surface area contributed by atoms with E-state index in [4.69, 9.17) is 9.47 Å². The third-order valence-corrected chi connectivity index (χ3v) is 10.3. The van der Waals surface area contributed by atoms with E-state index in [1.54, 1.807) is 5.57 Å². The number of fused-ring (bicyclic) bond motifs is 5. The van der Waals surface area contributed by atoms with Crippen LogP contribution in [0.3, 0.4) is 0 Å². The van der Waals surface area contributed by atoms with Crippen molar-refractivity contribution < 1.29 is 19.1 Å². The van der Waals surface area contributed by atoms with Gasteiger partial charge in [0.1, 0.15) is 11.7 Å². The molecule has 1 aliphatic heterocycles. The van der Waals surface area contributed by atoms with Gasteiger partial charge in [-0.2, -0.15) is 0 Å². The van der Waals surface area contributed by atoms with Gasteiger partial charge in [-0.1, -0.05) is 25.5 Å². The number of carbonyl (C=O) groups excluding carboxylic acids is 2. The molecule has 30 heavy (non-hydrogen) atoms. The highest BCUT2D eigenvalue weighted by Gasteiger charge is 2.63. The molecule has 4 fully saturated rings. The molecule has 0 amide bonds. The van der Waals surface area contributed by atoms with E-state index in [2.05, 4.69) is 26.8 Å². The van der Waals surface area contributed by atoms with E-state index in [-0.39, 0.29) is 34.5 Å². The Hall–Kier alpha value is -1.32. The minimum Gasteiger partial charge on any atom is -0.462 e. The predicted octanol–water partition coefficient (Wildman–Crippen LogP) is 5.59. The topological polar surface area (TPSA) is 52.6 Å². The van der Waals surface area contributed by atoms with E-state index in [1.807, 2.05) is 0 Å². The van der Waals surface area contributed by atoms with Crippen LogP contribution < -0.4 is 0 Å². The Morgan fingerprint density at radius 3 is 2.57 bits per heavy atom. The first kappa shape index (κ1) is 20.6. The molecule has 0 N–H and O–H groups in total. The molecular formula is C26H38O4. The Labute approximate surface area is 181 Å². The normalized spacial score (nSPS) is 50.1. The van der Waals surface area contributed by atoms with Gasteiger partial charge in [-0.25, -0.2) is 0 Å². The summed E-state index contributed by atoms with van der Waals surface area (Å²) in [5.74, 6) is 2.57. The van der Waals surface area contributed by atoms with Crippen molar-refractivity contribution in [3.63, 3.8) is 0 Å². The minimum absolute atomic E-state index is 0.000489. The number of hydrogen-bond acceptors (Lipinski definition) is 4. The summed E-state index contributed by atoms with van der Waals surface area (Å²) in [6.07, 6.45) is 13.3. The van der Waals surface area contributed by atoms with Crippen molar-refractivity contribution in [2.24, 2.45) is 34.5 Å². The van der Waals surface area contributed by atoms with Crippen LogP contribution in [0.2, 0.25) is 0 Å². The molecular weight excluding hydrogens is 376 g/mol. The Morgan fingerprint density at radius 1 is 1.07 bits per heavy atom. The number of cyclic esters (lactones) is 1. The molecule has 4 heteroatoms. The van der Waals surface area contributed by atoms with Gasteiger partial charge in [-0.05, 0) is 86.9 Å². The van der Waals surface area contributed by atoms with Gasteiger partial charge >= 0.3 is 11.9 Å². The highest BCUT2D eigenvalue weighted by atomic mass is 16.6. The van der Waals surface area contributed by atoms with E-state index < -0.39 is 0 Å². The van der Waals surface area contributed by atoms with Crippen LogP contribution in [-0.2, 0) is 19.1 Å². The molecule has 5 rings (SSSR count). The molecule has 0 spiro atoms. The second-order valence-corrected chi connectivity index (χ2v) is 11.7. The summed E-state index contributed by atoms with van der Waals surface area (Å²) in [5, 5.41) is 0. The Morgan fingerprint density at radius 2 is 1.87 bits per heavy atom. The van der Waals surface area contributed by atoms with Crippen LogP contribution in [0.1, 0.15) is 91.9 Å². The standard InChI is InChI=1S/C26H38O4/c1-16(27)29-18-9-12-24(2)17(15-18)5-6-19-20-7-8-22(25(20,3)13-10-21(19)24)26(4)14-11-23(28)30-26/h5,18-22H,6-15H2,1-4H3/t18-,19+,20+,21-,22+,24-,25+,26-/m1/s1. The highest BCUT2D eigenvalue weighted by Crippen LogP contribution is 2.68. The zero-order valence-corrected chi connectivity index (χ0v) is 19.2. The van der Waals surface area contributed by atoms with Gasteiger partial charge in [-0.3, -0.25) is 9.59 Å². The summed E-state index contributed by atoms with van der Waals surface area (Å²) < 4.78 is 11.5. The van der Waals surface area contributed by atoms with Crippen molar-refractivity contribution in [2.75, 3.05) is 0 Å². The quantitative estimate of drug-likeness (QED) is 0.436. The van der Waals surface area contributed by atoms with Crippen molar-refractivity contribution in [3.8, 4) is 0 Å². The van der Waals surface area contributed by atoms with E-state index in [1.165, 1.54) is 39.0 Å². The van der Waals surface area contributed by atoms with Gasteiger partial charge in [0.25, 0.3) is 0 Å². The fourth-order valence-corrected chi connectivity index (χ4v) is 8.92. The van der Waals surface area contributed by atoms with Crippen LogP contribution in [0.15, 0.2) is 11.6 Å². The fraction of sp³-hybridized carbons (Fsp3) is 0.846. The lowest BCUT2D eigenvalue weighted by Gasteiger charge is -2.59. The Bertz CT molecular complexity index is 786. The van der Waals surface area contributed by atoms with E-state index in [0.717, 1.165) is 43.4 Å². The first-order chi connectivity index (χ1) is 14.2. The lowest BCUT2D eigenvalue weighted by Crippen LogP contribution is -2.53. The molecule has 0 radical (unpaired) electrons. The molecule has 5 aliphatic rings. The largest absolute Gasteiger partial charge is 0.462 e. The molecule has 0 bridgehead atoms. The molecule has 4 aliphatic carbocycles. The molecule has 0 aromatic rings. The molecule has 8 atom stereocenters. The summed E-state index contributed by atoms with van der Waals surface area (Å²) in [4.78, 5) is 23.4. The van der Waals surface area contributed by atoms with Gasteiger partial charge in [0.2, 0.25) is 0 Å². The molecule has 0 unspecified atom stereocenters. The van der Waals surface area contributed by atoms with Crippen LogP contribution in [-0.4, -0.2) is 23.6 Å². The highest BCUT2D eigenvalue weighted by molar-refractivity contribution is 5.72. The molecule has 166 valence electrons. The van der Waals surface area contributed by atoms with E-state index in [9.17, 15) is 9.59 Å². The van der Waals surface area contributed by atoms with Gasteiger partial charge in [-0.15, -0.1) is 0 Å². The van der Waals surface area contributed by atoms with Crippen molar-refractivity contribution in [1.29, 1.82) is 0 Å². The summed E-state index contributed by atoms with van der Waals surface area (Å²) in [5.41, 5.74) is 1.85. The molecule has 4 nitrogen and oxygen atoms in total. The minimum atomic E-state index is -0.255. The molecule has 0 aromatic carbocycles. The lowest BCUT2D eigenvalue weighted by atomic mass is 9.46. The van der Waals surface area contributed by atoms with Gasteiger partial charge in [0.15, 0.2) is 0 Å². The van der Waals surface area contributed by atoms with Gasteiger partial charge in [0, 0.05) is 25.7 Å². The van der Waals surface area contributed by atoms with Crippen LogP contribution in [0, 0.1) is 34.5 Å². The maximum atomic E-state index is 11.9. The Balaban J connectivity index is 1.39. The molecule has 3 saturated carbocycles. The van der Waals surface area contributed by atoms with Gasteiger partial charge in [0.05, 0.1) is 0 Å². The maximum absolute atomic E-state index is 11.9. The van der Waals surface area contributed by atoms with Crippen LogP contribution in [0.4, 0.5) is 0 Å². The van der Waals surface area contributed by atoms with Crippen LogP contribution in [0.5, 0.6) is 0 Å². The fourth-order valence-electron chi connectivity index (χ4n) is 8.92. The van der Waals surface area contributed by atoms with Gasteiger partial charge < -0.3 is 9.47 Å². The van der Waals surface area contributed by atoms with Crippen LogP contribution in [0.25, 0.3) is 0 Å². The number of ether oxygens (including phenoxy) is 2. The third kappa shape index (κ3) is 2.92.